The average Bonchev–Trinajstić information content (AvgIpc) is 2.33. The van der Waals surface area contributed by atoms with Crippen LogP contribution in [0.1, 0.15) is 31.7 Å². The highest BCUT2D eigenvalue weighted by Gasteiger charge is 2.36. The van der Waals surface area contributed by atoms with Gasteiger partial charge in [-0.05, 0) is 49.0 Å². The topological polar surface area (TPSA) is 42.2 Å². The molecule has 1 aromatic heterocycles. The van der Waals surface area contributed by atoms with E-state index >= 15 is 0 Å². The number of nitrogens with zero attached hydrogens (tertiary/aromatic N) is 2. The van der Waals surface area contributed by atoms with Gasteiger partial charge in [-0.15, -0.1) is 0 Å². The van der Waals surface area contributed by atoms with Crippen molar-refractivity contribution in [3.05, 3.63) is 30.1 Å². The van der Waals surface area contributed by atoms with Crippen molar-refractivity contribution in [1.82, 2.24) is 9.88 Å². The summed E-state index contributed by atoms with van der Waals surface area (Å²) in [6.45, 7) is 6.30. The third kappa shape index (κ3) is 3.05. The molecule has 3 heteroatoms. The highest BCUT2D eigenvalue weighted by Crippen LogP contribution is 2.40. The van der Waals surface area contributed by atoms with E-state index in [1.807, 2.05) is 12.4 Å². The Morgan fingerprint density at radius 3 is 2.53 bits per heavy atom. The highest BCUT2D eigenvalue weighted by molar-refractivity contribution is 5.09. The van der Waals surface area contributed by atoms with E-state index in [1.165, 1.54) is 24.8 Å². The maximum Gasteiger partial charge on any atom is 0.0271 e. The maximum absolute atomic E-state index is 5.93. The van der Waals surface area contributed by atoms with E-state index < -0.39 is 0 Å². The molecule has 0 saturated heterocycles. The van der Waals surface area contributed by atoms with Crippen molar-refractivity contribution in [2.75, 3.05) is 19.6 Å². The van der Waals surface area contributed by atoms with Gasteiger partial charge in [0, 0.05) is 25.5 Å². The zero-order valence-corrected chi connectivity index (χ0v) is 10.7. The van der Waals surface area contributed by atoms with Crippen LogP contribution in [-0.2, 0) is 6.54 Å². The lowest BCUT2D eigenvalue weighted by molar-refractivity contribution is 0.0736. The molecule has 1 aromatic rings. The van der Waals surface area contributed by atoms with Gasteiger partial charge in [0.1, 0.15) is 0 Å². The summed E-state index contributed by atoms with van der Waals surface area (Å²) in [7, 11) is 0. The Bertz CT molecular complexity index is 327. The Hall–Kier alpha value is -0.930. The van der Waals surface area contributed by atoms with Crippen LogP contribution in [0.3, 0.4) is 0 Å². The van der Waals surface area contributed by atoms with Gasteiger partial charge in [0.15, 0.2) is 0 Å². The van der Waals surface area contributed by atoms with E-state index in [-0.39, 0.29) is 0 Å². The summed E-state index contributed by atoms with van der Waals surface area (Å²) in [5.41, 5.74) is 7.68. The van der Waals surface area contributed by atoms with Gasteiger partial charge in [0.25, 0.3) is 0 Å². The van der Waals surface area contributed by atoms with Crippen LogP contribution in [-0.4, -0.2) is 29.5 Å². The van der Waals surface area contributed by atoms with Crippen molar-refractivity contribution in [1.29, 1.82) is 0 Å². The summed E-state index contributed by atoms with van der Waals surface area (Å²) in [6.07, 6.45) is 7.69. The van der Waals surface area contributed by atoms with Crippen LogP contribution in [0, 0.1) is 5.41 Å². The third-order valence-corrected chi connectivity index (χ3v) is 4.01. The molecule has 3 nitrogen and oxygen atoms in total. The average molecular weight is 233 g/mol. The molecule has 0 bridgehead atoms. The molecule has 1 aliphatic rings. The fourth-order valence-electron chi connectivity index (χ4n) is 2.60. The van der Waals surface area contributed by atoms with Crippen molar-refractivity contribution in [2.24, 2.45) is 11.1 Å². The fraction of sp³-hybridized carbons (Fsp3) is 0.643. The van der Waals surface area contributed by atoms with Crippen LogP contribution in [0.2, 0.25) is 0 Å². The lowest BCUT2D eigenvalue weighted by Crippen LogP contribution is -2.46. The number of aromatic nitrogens is 1. The Balaban J connectivity index is 1.93. The number of rotatable bonds is 6. The Kier molecular flexibility index (Phi) is 4.13. The van der Waals surface area contributed by atoms with Gasteiger partial charge in [-0.3, -0.25) is 9.88 Å². The number of pyridine rings is 1. The highest BCUT2D eigenvalue weighted by atomic mass is 15.1. The predicted octanol–water partition coefficient (Wildman–Crippen LogP) is 2.03. The van der Waals surface area contributed by atoms with Crippen molar-refractivity contribution >= 4 is 0 Å². The van der Waals surface area contributed by atoms with Gasteiger partial charge in [0.05, 0.1) is 0 Å². The van der Waals surface area contributed by atoms with Crippen LogP contribution in [0.4, 0.5) is 0 Å². The summed E-state index contributed by atoms with van der Waals surface area (Å²) in [6, 6.07) is 4.19. The largest absolute Gasteiger partial charge is 0.330 e. The monoisotopic (exact) mass is 233 g/mol. The van der Waals surface area contributed by atoms with E-state index in [0.717, 1.165) is 26.2 Å². The molecule has 1 aliphatic carbocycles. The molecule has 0 unspecified atom stereocenters. The molecule has 17 heavy (non-hydrogen) atoms. The van der Waals surface area contributed by atoms with Gasteiger partial charge in [0.2, 0.25) is 0 Å². The molecule has 0 spiro atoms. The van der Waals surface area contributed by atoms with Crippen LogP contribution in [0.5, 0.6) is 0 Å². The first-order valence-corrected chi connectivity index (χ1v) is 6.59. The number of nitrogens with two attached hydrogens (primary N) is 1. The van der Waals surface area contributed by atoms with Crippen molar-refractivity contribution in [3.63, 3.8) is 0 Å². The number of hydrogen-bond donors (Lipinski definition) is 1. The predicted molar refractivity (Wildman–Crippen MR) is 70.5 cm³/mol. The molecule has 2 N–H and O–H groups in total. The van der Waals surface area contributed by atoms with E-state index in [1.54, 1.807) is 0 Å². The molecular weight excluding hydrogens is 210 g/mol. The van der Waals surface area contributed by atoms with Crippen LogP contribution >= 0.6 is 0 Å². The van der Waals surface area contributed by atoms with Gasteiger partial charge in [-0.25, -0.2) is 0 Å². The van der Waals surface area contributed by atoms with E-state index in [9.17, 15) is 0 Å². The standard InChI is InChI=1S/C14H23N3/c1-2-17(10-13-4-8-16-9-5-13)12-14(11-15)6-3-7-14/h4-5,8-9H,2-3,6-7,10-12,15H2,1H3. The van der Waals surface area contributed by atoms with Crippen LogP contribution in [0.25, 0.3) is 0 Å². The summed E-state index contributed by atoms with van der Waals surface area (Å²) >= 11 is 0. The molecule has 0 aliphatic heterocycles. The first-order valence-electron chi connectivity index (χ1n) is 6.59. The normalized spacial score (nSPS) is 18.1. The van der Waals surface area contributed by atoms with Crippen molar-refractivity contribution in [2.45, 2.75) is 32.7 Å². The minimum Gasteiger partial charge on any atom is -0.330 e. The zero-order chi connectivity index (χ0) is 12.1. The Labute approximate surface area is 104 Å². The SMILES string of the molecule is CCN(Cc1ccncc1)CC1(CN)CCC1. The minimum atomic E-state index is 0.406. The molecule has 0 amide bonds. The second-order valence-corrected chi connectivity index (χ2v) is 5.22. The van der Waals surface area contributed by atoms with Gasteiger partial charge >= 0.3 is 0 Å². The lowest BCUT2D eigenvalue weighted by atomic mass is 9.68. The summed E-state index contributed by atoms with van der Waals surface area (Å²) in [5, 5.41) is 0. The molecule has 0 aromatic carbocycles. The first-order chi connectivity index (χ1) is 8.28. The summed E-state index contributed by atoms with van der Waals surface area (Å²) in [5.74, 6) is 0. The summed E-state index contributed by atoms with van der Waals surface area (Å²) < 4.78 is 0. The van der Waals surface area contributed by atoms with Crippen LogP contribution < -0.4 is 5.73 Å². The smallest absolute Gasteiger partial charge is 0.0271 e. The zero-order valence-electron chi connectivity index (χ0n) is 10.7. The molecule has 2 rings (SSSR count). The molecule has 0 atom stereocenters. The van der Waals surface area contributed by atoms with Gasteiger partial charge in [-0.2, -0.15) is 0 Å². The van der Waals surface area contributed by atoms with Gasteiger partial charge < -0.3 is 5.73 Å². The quantitative estimate of drug-likeness (QED) is 0.817. The fourth-order valence-corrected chi connectivity index (χ4v) is 2.60. The lowest BCUT2D eigenvalue weighted by Gasteiger charge is -2.44. The van der Waals surface area contributed by atoms with Crippen LogP contribution in [0.15, 0.2) is 24.5 Å². The Morgan fingerprint density at radius 2 is 2.06 bits per heavy atom. The van der Waals surface area contributed by atoms with E-state index in [0.29, 0.717) is 5.41 Å². The second kappa shape index (κ2) is 5.61. The van der Waals surface area contributed by atoms with Crippen molar-refractivity contribution < 1.29 is 0 Å². The number of hydrogen-bond acceptors (Lipinski definition) is 3. The Morgan fingerprint density at radius 1 is 1.35 bits per heavy atom. The molecular formula is C14H23N3. The third-order valence-electron chi connectivity index (χ3n) is 4.01. The van der Waals surface area contributed by atoms with E-state index in [4.69, 9.17) is 5.73 Å². The summed E-state index contributed by atoms with van der Waals surface area (Å²) in [4.78, 5) is 6.56. The maximum atomic E-state index is 5.93. The first kappa shape index (κ1) is 12.5. The van der Waals surface area contributed by atoms with Crippen molar-refractivity contribution in [3.8, 4) is 0 Å². The molecule has 1 fully saturated rings. The minimum absolute atomic E-state index is 0.406. The van der Waals surface area contributed by atoms with E-state index in [2.05, 4.69) is 28.9 Å². The molecule has 1 heterocycles. The van der Waals surface area contributed by atoms with Gasteiger partial charge in [-0.1, -0.05) is 13.3 Å². The molecule has 94 valence electrons. The molecule has 1 saturated carbocycles. The second-order valence-electron chi connectivity index (χ2n) is 5.22. The molecule has 0 radical (unpaired) electrons.